The molecule has 0 aliphatic carbocycles. The maximum Gasteiger partial charge on any atom is 0.266 e. The zero-order valence-corrected chi connectivity index (χ0v) is 16.8. The van der Waals surface area contributed by atoms with Gasteiger partial charge in [0.1, 0.15) is 11.6 Å². The average molecular weight is 378 g/mol. The van der Waals surface area contributed by atoms with Gasteiger partial charge in [-0.2, -0.15) is 5.26 Å². The van der Waals surface area contributed by atoms with Crippen LogP contribution in [0.25, 0.3) is 6.08 Å². The molecule has 2 aromatic rings. The summed E-state index contributed by atoms with van der Waals surface area (Å²) in [5.41, 5.74) is 3.36. The smallest absolute Gasteiger partial charge is 0.266 e. The van der Waals surface area contributed by atoms with E-state index >= 15 is 0 Å². The summed E-state index contributed by atoms with van der Waals surface area (Å²) in [5, 5.41) is 12.3. The number of para-hydroxylation sites is 1. The van der Waals surface area contributed by atoms with Crippen molar-refractivity contribution in [1.29, 1.82) is 5.26 Å². The zero-order valence-electron chi connectivity index (χ0n) is 16.8. The number of benzene rings is 2. The molecule has 5 nitrogen and oxygen atoms in total. The van der Waals surface area contributed by atoms with Crippen LogP contribution in [-0.4, -0.2) is 19.1 Å². The maximum absolute atomic E-state index is 12.6. The summed E-state index contributed by atoms with van der Waals surface area (Å²) in [6, 6.07) is 13.1. The number of nitriles is 1. The summed E-state index contributed by atoms with van der Waals surface area (Å²) in [4.78, 5) is 12.6. The SMILES string of the molecule is CCCOc1c(/C=C(\C#N)C(=O)Nc2ccc(C)cc2C)cccc1OCC. The van der Waals surface area contributed by atoms with Gasteiger partial charge in [-0.05, 0) is 51.0 Å². The van der Waals surface area contributed by atoms with Crippen molar-refractivity contribution in [2.75, 3.05) is 18.5 Å². The summed E-state index contributed by atoms with van der Waals surface area (Å²) in [6.07, 6.45) is 2.37. The Labute approximate surface area is 166 Å². The minimum Gasteiger partial charge on any atom is -0.490 e. The lowest BCUT2D eigenvalue weighted by Gasteiger charge is -2.14. The molecule has 1 N–H and O–H groups in total. The topological polar surface area (TPSA) is 71.3 Å². The maximum atomic E-state index is 12.6. The first-order valence-corrected chi connectivity index (χ1v) is 9.39. The number of amides is 1. The molecule has 1 amide bonds. The molecular weight excluding hydrogens is 352 g/mol. The molecule has 0 atom stereocenters. The van der Waals surface area contributed by atoms with E-state index in [0.29, 0.717) is 36.0 Å². The monoisotopic (exact) mass is 378 g/mol. The zero-order chi connectivity index (χ0) is 20.5. The summed E-state index contributed by atoms with van der Waals surface area (Å²) < 4.78 is 11.5. The minimum absolute atomic E-state index is 0.00466. The molecular formula is C23H26N2O3. The van der Waals surface area contributed by atoms with Gasteiger partial charge in [-0.1, -0.05) is 36.8 Å². The van der Waals surface area contributed by atoms with Crippen LogP contribution >= 0.6 is 0 Å². The van der Waals surface area contributed by atoms with Gasteiger partial charge in [0.05, 0.1) is 13.2 Å². The Balaban J connectivity index is 2.36. The Hall–Kier alpha value is -3.26. The van der Waals surface area contributed by atoms with E-state index in [1.165, 1.54) is 6.08 Å². The highest BCUT2D eigenvalue weighted by Gasteiger charge is 2.15. The fraction of sp³-hybridized carbons (Fsp3) is 0.304. The highest BCUT2D eigenvalue weighted by atomic mass is 16.5. The van der Waals surface area contributed by atoms with Crippen molar-refractivity contribution in [3.63, 3.8) is 0 Å². The van der Waals surface area contributed by atoms with Crippen molar-refractivity contribution in [3.05, 3.63) is 58.7 Å². The molecule has 0 unspecified atom stereocenters. The van der Waals surface area contributed by atoms with E-state index < -0.39 is 5.91 Å². The van der Waals surface area contributed by atoms with Crippen LogP contribution in [0.1, 0.15) is 37.0 Å². The quantitative estimate of drug-likeness (QED) is 0.516. The van der Waals surface area contributed by atoms with Gasteiger partial charge in [-0.3, -0.25) is 4.79 Å². The molecule has 0 spiro atoms. The number of carbonyl (C=O) groups excluding carboxylic acids is 1. The summed E-state index contributed by atoms with van der Waals surface area (Å²) in [6.45, 7) is 8.82. The molecule has 0 saturated carbocycles. The lowest BCUT2D eigenvalue weighted by molar-refractivity contribution is -0.112. The second kappa shape index (κ2) is 10.2. The predicted octanol–water partition coefficient (Wildman–Crippen LogP) is 5.04. The summed E-state index contributed by atoms with van der Waals surface area (Å²) in [5.74, 6) is 0.674. The van der Waals surface area contributed by atoms with E-state index in [9.17, 15) is 10.1 Å². The van der Waals surface area contributed by atoms with Gasteiger partial charge in [-0.25, -0.2) is 0 Å². The van der Waals surface area contributed by atoms with Gasteiger partial charge in [-0.15, -0.1) is 0 Å². The fourth-order valence-corrected chi connectivity index (χ4v) is 2.72. The molecule has 2 rings (SSSR count). The Morgan fingerprint density at radius 3 is 2.61 bits per heavy atom. The van der Waals surface area contributed by atoms with Gasteiger partial charge >= 0.3 is 0 Å². The fourth-order valence-electron chi connectivity index (χ4n) is 2.72. The first-order valence-electron chi connectivity index (χ1n) is 9.39. The van der Waals surface area contributed by atoms with Crippen LogP contribution in [0.4, 0.5) is 5.69 Å². The Kier molecular flexibility index (Phi) is 7.65. The Morgan fingerprint density at radius 1 is 1.18 bits per heavy atom. The van der Waals surface area contributed by atoms with Crippen molar-refractivity contribution in [2.45, 2.75) is 34.1 Å². The van der Waals surface area contributed by atoms with E-state index in [0.717, 1.165) is 17.5 Å². The standard InChI is InChI=1S/C23H26N2O3/c1-5-12-28-22-18(8-7-9-21(22)27-6-2)14-19(15-24)23(26)25-20-11-10-16(3)13-17(20)4/h7-11,13-14H,5-6,12H2,1-4H3,(H,25,26)/b19-14+. The molecule has 0 aromatic heterocycles. The predicted molar refractivity (Wildman–Crippen MR) is 112 cm³/mol. The molecule has 28 heavy (non-hydrogen) atoms. The van der Waals surface area contributed by atoms with Crippen LogP contribution in [0, 0.1) is 25.2 Å². The van der Waals surface area contributed by atoms with E-state index in [2.05, 4.69) is 5.32 Å². The van der Waals surface area contributed by atoms with E-state index in [4.69, 9.17) is 9.47 Å². The minimum atomic E-state index is -0.460. The molecule has 0 radical (unpaired) electrons. The third-order valence-corrected chi connectivity index (χ3v) is 4.05. The van der Waals surface area contributed by atoms with Crippen LogP contribution in [0.5, 0.6) is 11.5 Å². The second-order valence-corrected chi connectivity index (χ2v) is 6.40. The van der Waals surface area contributed by atoms with Gasteiger partial charge in [0.15, 0.2) is 11.5 Å². The van der Waals surface area contributed by atoms with E-state index in [1.54, 1.807) is 6.07 Å². The highest BCUT2D eigenvalue weighted by Crippen LogP contribution is 2.33. The van der Waals surface area contributed by atoms with Crippen molar-refractivity contribution < 1.29 is 14.3 Å². The number of hydrogen-bond acceptors (Lipinski definition) is 4. The van der Waals surface area contributed by atoms with Crippen LogP contribution in [-0.2, 0) is 4.79 Å². The number of ether oxygens (including phenoxy) is 2. The lowest BCUT2D eigenvalue weighted by Crippen LogP contribution is -2.14. The molecule has 0 heterocycles. The number of nitrogens with zero attached hydrogens (tertiary/aromatic N) is 1. The Bertz CT molecular complexity index is 911. The van der Waals surface area contributed by atoms with Crippen molar-refractivity contribution >= 4 is 17.7 Å². The van der Waals surface area contributed by atoms with Gasteiger partial charge < -0.3 is 14.8 Å². The van der Waals surface area contributed by atoms with Crippen molar-refractivity contribution in [2.24, 2.45) is 0 Å². The first-order chi connectivity index (χ1) is 13.5. The van der Waals surface area contributed by atoms with Crippen molar-refractivity contribution in [1.82, 2.24) is 0 Å². The van der Waals surface area contributed by atoms with Gasteiger partial charge in [0.25, 0.3) is 5.91 Å². The second-order valence-electron chi connectivity index (χ2n) is 6.40. The summed E-state index contributed by atoms with van der Waals surface area (Å²) in [7, 11) is 0. The highest BCUT2D eigenvalue weighted by molar-refractivity contribution is 6.10. The number of rotatable bonds is 8. The molecule has 2 aromatic carbocycles. The molecule has 0 fully saturated rings. The number of hydrogen-bond donors (Lipinski definition) is 1. The Morgan fingerprint density at radius 2 is 1.96 bits per heavy atom. The number of aryl methyl sites for hydroxylation is 2. The average Bonchev–Trinajstić information content (AvgIpc) is 2.67. The van der Waals surface area contributed by atoms with Gasteiger partial charge in [0.2, 0.25) is 0 Å². The molecule has 0 bridgehead atoms. The van der Waals surface area contributed by atoms with Crippen molar-refractivity contribution in [3.8, 4) is 17.6 Å². The van der Waals surface area contributed by atoms with E-state index in [-0.39, 0.29) is 5.57 Å². The van der Waals surface area contributed by atoms with Crippen LogP contribution in [0.3, 0.4) is 0 Å². The molecule has 0 saturated heterocycles. The van der Waals surface area contributed by atoms with Crippen LogP contribution in [0.2, 0.25) is 0 Å². The number of anilines is 1. The third-order valence-electron chi connectivity index (χ3n) is 4.05. The molecule has 0 aliphatic rings. The van der Waals surface area contributed by atoms with E-state index in [1.807, 2.05) is 64.1 Å². The summed E-state index contributed by atoms with van der Waals surface area (Å²) >= 11 is 0. The number of nitrogens with one attached hydrogen (secondary N) is 1. The third kappa shape index (κ3) is 5.37. The number of carbonyl (C=O) groups is 1. The first kappa shape index (κ1) is 21.0. The lowest BCUT2D eigenvalue weighted by atomic mass is 10.1. The van der Waals surface area contributed by atoms with Gasteiger partial charge in [0, 0.05) is 11.3 Å². The molecule has 0 aliphatic heterocycles. The van der Waals surface area contributed by atoms with Crippen LogP contribution < -0.4 is 14.8 Å². The molecule has 5 heteroatoms. The molecule has 146 valence electrons. The normalized spacial score (nSPS) is 10.9. The largest absolute Gasteiger partial charge is 0.490 e. The van der Waals surface area contributed by atoms with Crippen LogP contribution in [0.15, 0.2) is 42.0 Å².